The van der Waals surface area contributed by atoms with E-state index in [1.807, 2.05) is 18.5 Å². The molecule has 0 spiro atoms. The molecule has 1 atom stereocenters. The molecular formula is C13H20N2O. The fraction of sp³-hybridized carbons (Fsp3) is 0.615. The Bertz CT molecular complexity index is 404. The lowest BCUT2D eigenvalue weighted by Crippen LogP contribution is -2.25. The molecule has 3 heteroatoms. The van der Waals surface area contributed by atoms with Gasteiger partial charge in [-0.25, -0.2) is 4.98 Å². The second-order valence-corrected chi connectivity index (χ2v) is 5.34. The summed E-state index contributed by atoms with van der Waals surface area (Å²) in [5.41, 5.74) is 1.34. The molecule has 16 heavy (non-hydrogen) atoms. The summed E-state index contributed by atoms with van der Waals surface area (Å²) in [6, 6.07) is 0. The summed E-state index contributed by atoms with van der Waals surface area (Å²) in [5.74, 6) is 1.01. The minimum atomic E-state index is -0.333. The van der Waals surface area contributed by atoms with Crippen molar-refractivity contribution >= 4 is 5.57 Å². The molecule has 0 saturated carbocycles. The number of hydrogen-bond acceptors (Lipinski definition) is 2. The maximum absolute atomic E-state index is 9.86. The Morgan fingerprint density at radius 2 is 2.31 bits per heavy atom. The molecule has 0 amide bonds. The number of aliphatic hydroxyl groups excluding tert-OH is 1. The highest BCUT2D eigenvalue weighted by atomic mass is 16.3. The molecule has 0 radical (unpaired) electrons. The number of aliphatic hydroxyl groups is 1. The third-order valence-electron chi connectivity index (χ3n) is 3.17. The van der Waals surface area contributed by atoms with Crippen LogP contribution in [-0.2, 0) is 6.54 Å². The second kappa shape index (κ2) is 4.06. The molecule has 1 heterocycles. The number of aromatic nitrogens is 2. The Labute approximate surface area is 96.8 Å². The average molecular weight is 220 g/mol. The normalized spacial score (nSPS) is 24.2. The van der Waals surface area contributed by atoms with E-state index in [1.165, 1.54) is 5.57 Å². The van der Waals surface area contributed by atoms with E-state index in [0.29, 0.717) is 0 Å². The van der Waals surface area contributed by atoms with Crippen molar-refractivity contribution < 1.29 is 5.11 Å². The minimum Gasteiger partial charge on any atom is -0.389 e. The van der Waals surface area contributed by atoms with Gasteiger partial charge in [-0.1, -0.05) is 13.8 Å². The fourth-order valence-electron chi connectivity index (χ4n) is 2.51. The lowest BCUT2D eigenvalue weighted by atomic mass is 9.76. The fourth-order valence-corrected chi connectivity index (χ4v) is 2.51. The van der Waals surface area contributed by atoms with E-state index in [1.54, 1.807) is 0 Å². The molecular weight excluding hydrogens is 200 g/mol. The van der Waals surface area contributed by atoms with Crippen LogP contribution in [-0.4, -0.2) is 20.8 Å². The highest BCUT2D eigenvalue weighted by Crippen LogP contribution is 2.38. The molecule has 0 bridgehead atoms. The molecule has 1 N–H and O–H groups in total. The van der Waals surface area contributed by atoms with Crippen LogP contribution in [0.4, 0.5) is 0 Å². The van der Waals surface area contributed by atoms with Crippen LogP contribution < -0.4 is 0 Å². The molecule has 0 aromatic carbocycles. The third-order valence-corrected chi connectivity index (χ3v) is 3.17. The Balaban J connectivity index is 2.34. The van der Waals surface area contributed by atoms with Gasteiger partial charge in [0.1, 0.15) is 5.82 Å². The van der Waals surface area contributed by atoms with Crippen molar-refractivity contribution in [1.82, 2.24) is 9.55 Å². The molecule has 1 unspecified atom stereocenters. The summed E-state index contributed by atoms with van der Waals surface area (Å²) in [5, 5.41) is 9.86. The third kappa shape index (κ3) is 2.19. The first-order chi connectivity index (χ1) is 7.52. The van der Waals surface area contributed by atoms with Crippen LogP contribution in [0, 0.1) is 5.41 Å². The van der Waals surface area contributed by atoms with Crippen molar-refractivity contribution in [1.29, 1.82) is 0 Å². The number of allylic oxidation sites excluding steroid dienone is 1. The molecule has 3 nitrogen and oxygen atoms in total. The Morgan fingerprint density at radius 3 is 2.94 bits per heavy atom. The van der Waals surface area contributed by atoms with Gasteiger partial charge in [0.25, 0.3) is 0 Å². The summed E-state index contributed by atoms with van der Waals surface area (Å²) in [4.78, 5) is 4.39. The van der Waals surface area contributed by atoms with Crippen LogP contribution in [0.2, 0.25) is 0 Å². The van der Waals surface area contributed by atoms with Crippen LogP contribution >= 0.6 is 0 Å². The van der Waals surface area contributed by atoms with Crippen molar-refractivity contribution in [2.45, 2.75) is 46.3 Å². The zero-order valence-corrected chi connectivity index (χ0v) is 10.3. The van der Waals surface area contributed by atoms with Gasteiger partial charge in [-0.3, -0.25) is 0 Å². The Morgan fingerprint density at radius 1 is 1.56 bits per heavy atom. The predicted molar refractivity (Wildman–Crippen MR) is 64.9 cm³/mol. The molecule has 88 valence electrons. The molecule has 0 saturated heterocycles. The molecule has 0 fully saturated rings. The van der Waals surface area contributed by atoms with E-state index < -0.39 is 0 Å². The van der Waals surface area contributed by atoms with Crippen LogP contribution in [0.1, 0.15) is 39.4 Å². The van der Waals surface area contributed by atoms with Gasteiger partial charge in [0, 0.05) is 18.9 Å². The number of nitrogens with zero attached hydrogens (tertiary/aromatic N) is 2. The lowest BCUT2D eigenvalue weighted by Gasteiger charge is -2.32. The van der Waals surface area contributed by atoms with E-state index in [4.69, 9.17) is 0 Å². The van der Waals surface area contributed by atoms with Crippen molar-refractivity contribution in [3.8, 4) is 0 Å². The number of aryl methyl sites for hydroxylation is 1. The summed E-state index contributed by atoms with van der Waals surface area (Å²) in [7, 11) is 0. The van der Waals surface area contributed by atoms with E-state index in [-0.39, 0.29) is 11.5 Å². The Hall–Kier alpha value is -1.09. The lowest BCUT2D eigenvalue weighted by molar-refractivity contribution is 0.146. The smallest absolute Gasteiger partial charge is 0.135 e. The summed E-state index contributed by atoms with van der Waals surface area (Å²) < 4.78 is 2.12. The summed E-state index contributed by atoms with van der Waals surface area (Å²) in [6.07, 6.45) is 7.27. The second-order valence-electron chi connectivity index (χ2n) is 5.34. The monoisotopic (exact) mass is 220 g/mol. The van der Waals surface area contributed by atoms with Gasteiger partial charge < -0.3 is 9.67 Å². The molecule has 1 aromatic heterocycles. The summed E-state index contributed by atoms with van der Waals surface area (Å²) in [6.45, 7) is 7.42. The zero-order chi connectivity index (χ0) is 11.8. The van der Waals surface area contributed by atoms with Crippen LogP contribution in [0.5, 0.6) is 0 Å². The van der Waals surface area contributed by atoms with Crippen LogP contribution in [0.15, 0.2) is 18.5 Å². The highest BCUT2D eigenvalue weighted by Gasteiger charge is 2.29. The number of hydrogen-bond donors (Lipinski definition) is 1. The first-order valence-corrected chi connectivity index (χ1v) is 5.92. The summed E-state index contributed by atoms with van der Waals surface area (Å²) >= 11 is 0. The van der Waals surface area contributed by atoms with Gasteiger partial charge in [-0.2, -0.15) is 0 Å². The largest absolute Gasteiger partial charge is 0.389 e. The van der Waals surface area contributed by atoms with Gasteiger partial charge in [0.2, 0.25) is 0 Å². The van der Waals surface area contributed by atoms with Crippen LogP contribution in [0.25, 0.3) is 5.57 Å². The SMILES string of the molecule is CCn1ccnc1C1=CC(O)CC(C)(C)C1. The van der Waals surface area contributed by atoms with Gasteiger partial charge >= 0.3 is 0 Å². The maximum Gasteiger partial charge on any atom is 0.135 e. The van der Waals surface area contributed by atoms with Crippen molar-refractivity contribution in [2.75, 3.05) is 0 Å². The van der Waals surface area contributed by atoms with E-state index >= 15 is 0 Å². The van der Waals surface area contributed by atoms with Crippen molar-refractivity contribution in [2.24, 2.45) is 5.41 Å². The molecule has 1 aromatic rings. The predicted octanol–water partition coefficient (Wildman–Crippen LogP) is 2.47. The van der Waals surface area contributed by atoms with Crippen LogP contribution in [0.3, 0.4) is 0 Å². The van der Waals surface area contributed by atoms with Gasteiger partial charge in [0.15, 0.2) is 0 Å². The van der Waals surface area contributed by atoms with Gasteiger partial charge in [-0.05, 0) is 36.8 Å². The highest BCUT2D eigenvalue weighted by molar-refractivity contribution is 5.62. The van der Waals surface area contributed by atoms with Crippen molar-refractivity contribution in [3.63, 3.8) is 0 Å². The maximum atomic E-state index is 9.86. The topological polar surface area (TPSA) is 38.0 Å². The van der Waals surface area contributed by atoms with E-state index in [9.17, 15) is 5.11 Å². The first kappa shape index (κ1) is 11.4. The zero-order valence-electron chi connectivity index (χ0n) is 10.3. The molecule has 2 rings (SSSR count). The molecule has 1 aliphatic rings. The number of imidazole rings is 1. The van der Waals surface area contributed by atoms with Gasteiger partial charge in [0.05, 0.1) is 6.10 Å². The molecule has 1 aliphatic carbocycles. The van der Waals surface area contributed by atoms with Crippen molar-refractivity contribution in [3.05, 3.63) is 24.3 Å². The van der Waals surface area contributed by atoms with E-state index in [2.05, 4.69) is 30.3 Å². The Kier molecular flexibility index (Phi) is 2.89. The minimum absolute atomic E-state index is 0.161. The average Bonchev–Trinajstić information content (AvgIpc) is 2.61. The first-order valence-electron chi connectivity index (χ1n) is 5.92. The number of rotatable bonds is 2. The quantitative estimate of drug-likeness (QED) is 0.831. The van der Waals surface area contributed by atoms with E-state index in [0.717, 1.165) is 25.2 Å². The molecule has 0 aliphatic heterocycles. The van der Waals surface area contributed by atoms with Gasteiger partial charge in [-0.15, -0.1) is 0 Å². The standard InChI is InChI=1S/C13H20N2O/c1-4-15-6-5-14-12(15)10-7-11(16)9-13(2,3)8-10/h5-7,11,16H,4,8-9H2,1-3H3.